The highest BCUT2D eigenvalue weighted by Crippen LogP contribution is 2.43. The summed E-state index contributed by atoms with van der Waals surface area (Å²) in [6, 6.07) is 0.947. The van der Waals surface area contributed by atoms with Gasteiger partial charge in [-0.1, -0.05) is 11.6 Å². The van der Waals surface area contributed by atoms with Crippen molar-refractivity contribution in [1.29, 1.82) is 0 Å². The minimum Gasteiger partial charge on any atom is -0.480 e. The molecule has 0 spiro atoms. The molecule has 11 nitrogen and oxygen atoms in total. The Hall–Kier alpha value is -3.39. The summed E-state index contributed by atoms with van der Waals surface area (Å²) in [5, 5.41) is 8.33. The Kier molecular flexibility index (Phi) is 8.15. The van der Waals surface area contributed by atoms with E-state index in [1.165, 1.54) is 11.1 Å². The van der Waals surface area contributed by atoms with Crippen LogP contribution in [-0.2, 0) is 30.0 Å². The van der Waals surface area contributed by atoms with Crippen molar-refractivity contribution in [3.8, 4) is 0 Å². The molecule has 0 atom stereocenters. The second-order valence-electron chi connectivity index (χ2n) is 10.5. The van der Waals surface area contributed by atoms with Crippen molar-refractivity contribution >= 4 is 41.0 Å². The lowest BCUT2D eigenvalue weighted by Gasteiger charge is -2.41. The minimum atomic E-state index is -4.69. The molecule has 0 bridgehead atoms. The van der Waals surface area contributed by atoms with Gasteiger partial charge in [0.15, 0.2) is 11.3 Å². The molecule has 1 aliphatic heterocycles. The van der Waals surface area contributed by atoms with Gasteiger partial charge in [-0.2, -0.15) is 13.2 Å². The van der Waals surface area contributed by atoms with Crippen LogP contribution in [0, 0.1) is 0 Å². The predicted molar refractivity (Wildman–Crippen MR) is 135 cm³/mol. The number of rotatable bonds is 8. The van der Waals surface area contributed by atoms with Gasteiger partial charge in [-0.15, -0.1) is 0 Å². The Balaban J connectivity index is 1.20. The second kappa shape index (κ2) is 11.5. The maximum Gasteiger partial charge on any atom is 0.419 e. The molecule has 2 aromatic heterocycles. The van der Waals surface area contributed by atoms with Crippen LogP contribution in [0.4, 0.5) is 13.2 Å². The lowest BCUT2D eigenvalue weighted by molar-refractivity contribution is -0.159. The van der Waals surface area contributed by atoms with Crippen molar-refractivity contribution in [3.05, 3.63) is 34.2 Å². The first kappa shape index (κ1) is 29.1. The molecule has 1 N–H and O–H groups in total. The van der Waals surface area contributed by atoms with Gasteiger partial charge in [-0.05, 0) is 56.1 Å². The SMILES string of the molecule is O=C(O)COCC(=O)OC1CCC(N2CCN(C(=O)c3nc4c(C(F)(F)F)cc(C5CC5)cn4c3Cl)CC2=O)CC1. The number of amides is 2. The monoisotopic (exact) mass is 600 g/mol. The molecule has 41 heavy (non-hydrogen) atoms. The lowest BCUT2D eigenvalue weighted by atomic mass is 9.91. The summed E-state index contributed by atoms with van der Waals surface area (Å²) in [7, 11) is 0. The first-order chi connectivity index (χ1) is 19.4. The fraction of sp³-hybridized carbons (Fsp3) is 0.577. The summed E-state index contributed by atoms with van der Waals surface area (Å²) in [5.41, 5.74) is -1.26. The first-order valence-corrected chi connectivity index (χ1v) is 13.7. The highest BCUT2D eigenvalue weighted by molar-refractivity contribution is 6.33. The fourth-order valence-corrected chi connectivity index (χ4v) is 5.69. The lowest BCUT2D eigenvalue weighted by Crippen LogP contribution is -2.56. The summed E-state index contributed by atoms with van der Waals surface area (Å²) >= 11 is 6.39. The summed E-state index contributed by atoms with van der Waals surface area (Å²) < 4.78 is 52.6. The molecule has 3 heterocycles. The van der Waals surface area contributed by atoms with E-state index < -0.39 is 48.4 Å². The van der Waals surface area contributed by atoms with E-state index in [4.69, 9.17) is 26.2 Å². The number of hydrogen-bond donors (Lipinski definition) is 1. The van der Waals surface area contributed by atoms with Gasteiger partial charge in [0.05, 0.1) is 5.56 Å². The summed E-state index contributed by atoms with van der Waals surface area (Å²) in [5.74, 6) is -2.85. The van der Waals surface area contributed by atoms with Gasteiger partial charge in [0, 0.05) is 25.3 Å². The van der Waals surface area contributed by atoms with Crippen molar-refractivity contribution in [3.63, 3.8) is 0 Å². The topological polar surface area (TPSA) is 131 Å². The van der Waals surface area contributed by atoms with Crippen molar-refractivity contribution in [2.24, 2.45) is 0 Å². The number of pyridine rings is 1. The number of ether oxygens (including phenoxy) is 2. The third kappa shape index (κ3) is 6.43. The summed E-state index contributed by atoms with van der Waals surface area (Å²) in [4.78, 5) is 55.5. The number of piperazine rings is 1. The predicted octanol–water partition coefficient (Wildman–Crippen LogP) is 3.12. The number of imidazole rings is 1. The average molecular weight is 601 g/mol. The fourth-order valence-electron chi connectivity index (χ4n) is 5.43. The van der Waals surface area contributed by atoms with Gasteiger partial charge >= 0.3 is 18.1 Å². The van der Waals surface area contributed by atoms with Crippen molar-refractivity contribution in [2.75, 3.05) is 32.8 Å². The Morgan fingerprint density at radius 1 is 1.07 bits per heavy atom. The normalized spacial score (nSPS) is 21.8. The molecular formula is C26H28ClF3N4O7. The van der Waals surface area contributed by atoms with E-state index in [0.29, 0.717) is 31.2 Å². The van der Waals surface area contributed by atoms with Crippen molar-refractivity contribution < 1.29 is 46.9 Å². The molecule has 0 radical (unpaired) electrons. The van der Waals surface area contributed by atoms with E-state index in [-0.39, 0.29) is 54.5 Å². The van der Waals surface area contributed by atoms with Gasteiger partial charge in [0.1, 0.15) is 31.0 Å². The highest BCUT2D eigenvalue weighted by Gasteiger charge is 2.39. The van der Waals surface area contributed by atoms with Crippen molar-refractivity contribution in [2.45, 2.75) is 62.8 Å². The van der Waals surface area contributed by atoms with Gasteiger partial charge in [0.2, 0.25) is 5.91 Å². The first-order valence-electron chi connectivity index (χ1n) is 13.3. The molecule has 1 saturated heterocycles. The molecule has 2 aromatic rings. The Labute approximate surface area is 237 Å². The van der Waals surface area contributed by atoms with E-state index in [0.717, 1.165) is 23.3 Å². The standard InChI is InChI=1S/C26H28ClF3N4O7/c27-23-22(31-24-18(26(28,29)30)9-15(10-34(23)24)14-1-2-14)25(39)32-7-8-33(19(35)11-32)16-3-5-17(6-4-16)41-21(38)13-40-12-20(36)37/h9-10,14,16-17H,1-8,11-13H2,(H,36,37). The van der Waals surface area contributed by atoms with Gasteiger partial charge in [-0.25, -0.2) is 14.6 Å². The number of fused-ring (bicyclic) bond motifs is 1. The average Bonchev–Trinajstić information content (AvgIpc) is 3.71. The van der Waals surface area contributed by atoms with E-state index in [2.05, 4.69) is 4.98 Å². The molecule has 2 amide bonds. The van der Waals surface area contributed by atoms with Crippen LogP contribution < -0.4 is 0 Å². The third-order valence-corrected chi connectivity index (χ3v) is 7.97. The Morgan fingerprint density at radius 3 is 2.39 bits per heavy atom. The van der Waals surface area contributed by atoms with E-state index in [1.807, 2.05) is 0 Å². The van der Waals surface area contributed by atoms with Gasteiger partial charge < -0.3 is 24.4 Å². The van der Waals surface area contributed by atoms with Crippen LogP contribution in [0.25, 0.3) is 5.65 Å². The highest BCUT2D eigenvalue weighted by atomic mass is 35.5. The van der Waals surface area contributed by atoms with Crippen LogP contribution in [0.3, 0.4) is 0 Å². The van der Waals surface area contributed by atoms with E-state index >= 15 is 0 Å². The van der Waals surface area contributed by atoms with Gasteiger partial charge in [-0.3, -0.25) is 14.0 Å². The molecule has 5 rings (SSSR count). The van der Waals surface area contributed by atoms with E-state index in [9.17, 15) is 32.3 Å². The summed E-state index contributed by atoms with van der Waals surface area (Å²) in [6.45, 7) is -0.941. The van der Waals surface area contributed by atoms with Crippen LogP contribution >= 0.6 is 11.6 Å². The number of carboxylic acids is 1. The molecule has 3 fully saturated rings. The van der Waals surface area contributed by atoms with Crippen LogP contribution in [0.15, 0.2) is 12.3 Å². The number of carbonyl (C=O) groups excluding carboxylic acids is 3. The third-order valence-electron chi connectivity index (χ3n) is 7.61. The van der Waals surface area contributed by atoms with Gasteiger partial charge in [0.25, 0.3) is 5.91 Å². The number of esters is 1. The molecule has 3 aliphatic rings. The Morgan fingerprint density at radius 2 is 1.78 bits per heavy atom. The molecular weight excluding hydrogens is 573 g/mol. The number of aliphatic carboxylic acids is 1. The molecule has 15 heteroatoms. The molecule has 0 unspecified atom stereocenters. The van der Waals surface area contributed by atoms with E-state index in [1.54, 1.807) is 4.90 Å². The zero-order valence-electron chi connectivity index (χ0n) is 21.9. The number of hydrogen-bond acceptors (Lipinski definition) is 7. The number of carboxylic acid groups (broad SMARTS) is 1. The number of carbonyl (C=O) groups is 4. The maximum absolute atomic E-state index is 13.8. The van der Waals surface area contributed by atoms with Crippen LogP contribution in [0.5, 0.6) is 0 Å². The zero-order valence-corrected chi connectivity index (χ0v) is 22.6. The summed E-state index contributed by atoms with van der Waals surface area (Å²) in [6.07, 6.45) is 0.135. The molecule has 2 aliphatic carbocycles. The quantitative estimate of drug-likeness (QED) is 0.458. The maximum atomic E-state index is 13.8. The number of halogens is 4. The number of aromatic nitrogens is 2. The largest absolute Gasteiger partial charge is 0.480 e. The number of nitrogens with zero attached hydrogens (tertiary/aromatic N) is 4. The molecule has 222 valence electrons. The Bertz CT molecular complexity index is 1370. The number of alkyl halides is 3. The van der Waals surface area contributed by atoms with Crippen LogP contribution in [0.2, 0.25) is 5.15 Å². The molecule has 0 aromatic carbocycles. The zero-order chi connectivity index (χ0) is 29.5. The van der Waals surface area contributed by atoms with Crippen LogP contribution in [0.1, 0.15) is 66.1 Å². The van der Waals surface area contributed by atoms with Crippen LogP contribution in [-0.4, -0.2) is 93.0 Å². The second-order valence-corrected chi connectivity index (χ2v) is 10.9. The minimum absolute atomic E-state index is 0.0174. The smallest absolute Gasteiger partial charge is 0.419 e. The van der Waals surface area contributed by atoms with Crippen molar-refractivity contribution in [1.82, 2.24) is 19.2 Å². The molecule has 2 saturated carbocycles.